The number of carbonyl (C=O) groups excluding carboxylic acids is 1. The van der Waals surface area contributed by atoms with Gasteiger partial charge in [0.1, 0.15) is 6.04 Å². The quantitative estimate of drug-likeness (QED) is 0.209. The molecule has 6 rings (SSSR count). The molecule has 0 N–H and O–H groups in total. The van der Waals surface area contributed by atoms with Crippen LogP contribution in [-0.2, 0) is 11.2 Å². The van der Waals surface area contributed by atoms with Crippen molar-refractivity contribution in [1.82, 2.24) is 9.88 Å². The molecule has 43 heavy (non-hydrogen) atoms. The second-order valence-electron chi connectivity index (χ2n) is 10.5. The molecule has 1 aliphatic rings. The lowest BCUT2D eigenvalue weighted by Gasteiger charge is -2.40. The van der Waals surface area contributed by atoms with Gasteiger partial charge in [-0.1, -0.05) is 60.7 Å². The summed E-state index contributed by atoms with van der Waals surface area (Å²) in [6.07, 6.45) is 2.45. The van der Waals surface area contributed by atoms with E-state index in [4.69, 9.17) is 23.9 Å². The number of nitrogens with zero attached hydrogens (tertiary/aromatic N) is 2. The smallest absolute Gasteiger partial charge is 0.235 e. The average molecular weight is 575 g/mol. The second-order valence-corrected chi connectivity index (χ2v) is 10.5. The first-order chi connectivity index (χ1) is 21.1. The third-order valence-corrected chi connectivity index (χ3v) is 8.23. The van der Waals surface area contributed by atoms with Crippen molar-refractivity contribution in [2.75, 3.05) is 35.0 Å². The van der Waals surface area contributed by atoms with E-state index in [-0.39, 0.29) is 5.91 Å². The lowest BCUT2D eigenvalue weighted by molar-refractivity contribution is -0.134. The summed E-state index contributed by atoms with van der Waals surface area (Å²) >= 11 is 0. The molecular formula is C36H34N2O5. The number of carbonyl (C=O) groups is 1. The minimum absolute atomic E-state index is 0.00196. The van der Waals surface area contributed by atoms with Gasteiger partial charge in [-0.3, -0.25) is 9.78 Å². The van der Waals surface area contributed by atoms with Crippen molar-refractivity contribution in [2.24, 2.45) is 0 Å². The van der Waals surface area contributed by atoms with E-state index in [1.165, 1.54) is 0 Å². The number of ether oxygens (including phenoxy) is 4. The summed E-state index contributed by atoms with van der Waals surface area (Å²) in [4.78, 5) is 21.8. The molecule has 0 spiro atoms. The Kier molecular flexibility index (Phi) is 7.88. The Morgan fingerprint density at radius 2 is 1.30 bits per heavy atom. The van der Waals surface area contributed by atoms with Crippen molar-refractivity contribution in [3.8, 4) is 23.0 Å². The van der Waals surface area contributed by atoms with Crippen LogP contribution in [0.25, 0.3) is 10.8 Å². The van der Waals surface area contributed by atoms with E-state index in [2.05, 4.69) is 0 Å². The molecule has 0 saturated carbocycles. The third-order valence-electron chi connectivity index (χ3n) is 8.23. The molecule has 0 radical (unpaired) electrons. The molecule has 4 aromatic carbocycles. The van der Waals surface area contributed by atoms with Gasteiger partial charge in [-0.2, -0.15) is 0 Å². The van der Waals surface area contributed by atoms with Crippen LogP contribution in [0.3, 0.4) is 0 Å². The number of hydrogen-bond donors (Lipinski definition) is 0. The molecule has 1 amide bonds. The molecule has 1 atom stereocenters. The van der Waals surface area contributed by atoms with Gasteiger partial charge >= 0.3 is 0 Å². The van der Waals surface area contributed by atoms with Crippen molar-refractivity contribution in [2.45, 2.75) is 18.4 Å². The normalized spacial score (nSPS) is 14.3. The average Bonchev–Trinajstić information content (AvgIpc) is 3.07. The largest absolute Gasteiger partial charge is 0.493 e. The lowest BCUT2D eigenvalue weighted by Crippen LogP contribution is -2.43. The summed E-state index contributed by atoms with van der Waals surface area (Å²) in [5.74, 6) is 1.99. The maximum atomic E-state index is 14.9. The number of benzene rings is 4. The van der Waals surface area contributed by atoms with Gasteiger partial charge in [-0.15, -0.1) is 0 Å². The van der Waals surface area contributed by atoms with Crippen LogP contribution in [0.1, 0.15) is 39.9 Å². The first-order valence-corrected chi connectivity index (χ1v) is 14.2. The molecule has 1 aromatic heterocycles. The van der Waals surface area contributed by atoms with Crippen LogP contribution in [0.4, 0.5) is 0 Å². The van der Waals surface area contributed by atoms with E-state index in [0.29, 0.717) is 36.0 Å². The Labute approximate surface area is 251 Å². The van der Waals surface area contributed by atoms with Crippen LogP contribution in [0.2, 0.25) is 0 Å². The second kappa shape index (κ2) is 12.1. The predicted molar refractivity (Wildman–Crippen MR) is 166 cm³/mol. The van der Waals surface area contributed by atoms with Gasteiger partial charge in [0.2, 0.25) is 5.91 Å². The van der Waals surface area contributed by atoms with Crippen LogP contribution in [0.15, 0.2) is 97.2 Å². The summed E-state index contributed by atoms with van der Waals surface area (Å²) < 4.78 is 22.7. The molecule has 0 saturated heterocycles. The number of pyridine rings is 1. The van der Waals surface area contributed by atoms with Gasteiger partial charge in [0.05, 0.1) is 40.1 Å². The first-order valence-electron chi connectivity index (χ1n) is 14.2. The predicted octanol–water partition coefficient (Wildman–Crippen LogP) is 6.58. The van der Waals surface area contributed by atoms with Gasteiger partial charge in [0, 0.05) is 18.1 Å². The van der Waals surface area contributed by atoms with Gasteiger partial charge in [0.15, 0.2) is 23.0 Å². The summed E-state index contributed by atoms with van der Waals surface area (Å²) in [7, 11) is 6.50. The van der Waals surface area contributed by atoms with E-state index in [1.807, 2.05) is 95.9 Å². The zero-order valence-corrected chi connectivity index (χ0v) is 24.7. The number of amides is 1. The number of rotatable bonds is 8. The highest BCUT2D eigenvalue weighted by atomic mass is 16.5. The molecule has 218 valence electrons. The summed E-state index contributed by atoms with van der Waals surface area (Å²) in [5.41, 5.74) is 4.66. The zero-order valence-electron chi connectivity index (χ0n) is 24.7. The number of methoxy groups -OCH3 is 4. The Morgan fingerprint density at radius 3 is 1.91 bits per heavy atom. The maximum absolute atomic E-state index is 14.9. The highest BCUT2D eigenvalue weighted by Gasteiger charge is 2.39. The first kappa shape index (κ1) is 28.1. The molecule has 2 heterocycles. The van der Waals surface area contributed by atoms with Crippen LogP contribution in [0.5, 0.6) is 23.0 Å². The molecule has 5 aromatic rings. The zero-order chi connectivity index (χ0) is 29.9. The van der Waals surface area contributed by atoms with Crippen LogP contribution in [-0.4, -0.2) is 50.8 Å². The van der Waals surface area contributed by atoms with Crippen molar-refractivity contribution in [1.29, 1.82) is 0 Å². The summed E-state index contributed by atoms with van der Waals surface area (Å²) in [6, 6.07) is 29.3. The summed E-state index contributed by atoms with van der Waals surface area (Å²) in [6.45, 7) is 0.507. The van der Waals surface area contributed by atoms with Crippen molar-refractivity contribution in [3.63, 3.8) is 0 Å². The molecule has 0 fully saturated rings. The van der Waals surface area contributed by atoms with Crippen LogP contribution in [0, 0.1) is 0 Å². The maximum Gasteiger partial charge on any atom is 0.235 e. The van der Waals surface area contributed by atoms with Crippen molar-refractivity contribution in [3.05, 3.63) is 125 Å². The highest BCUT2D eigenvalue weighted by Crippen LogP contribution is 2.45. The number of aromatic nitrogens is 1. The summed E-state index contributed by atoms with van der Waals surface area (Å²) in [5, 5.41) is 1.81. The van der Waals surface area contributed by atoms with E-state index < -0.39 is 12.0 Å². The Hall–Kier alpha value is -5.04. The molecule has 7 nitrogen and oxygen atoms in total. The van der Waals surface area contributed by atoms with Crippen LogP contribution >= 0.6 is 0 Å². The molecular weight excluding hydrogens is 540 g/mol. The Bertz CT molecular complexity index is 1720. The van der Waals surface area contributed by atoms with Gasteiger partial charge in [-0.25, -0.2) is 0 Å². The Balaban J connectivity index is 1.58. The molecule has 0 bridgehead atoms. The minimum Gasteiger partial charge on any atom is -0.493 e. The number of hydrogen-bond acceptors (Lipinski definition) is 6. The van der Waals surface area contributed by atoms with Gasteiger partial charge in [-0.05, 0) is 64.4 Å². The lowest BCUT2D eigenvalue weighted by atomic mass is 9.84. The van der Waals surface area contributed by atoms with E-state index in [1.54, 1.807) is 34.6 Å². The van der Waals surface area contributed by atoms with E-state index in [0.717, 1.165) is 38.7 Å². The Morgan fingerprint density at radius 1 is 0.744 bits per heavy atom. The number of fused-ring (bicyclic) bond motifs is 2. The topological polar surface area (TPSA) is 70.1 Å². The highest BCUT2D eigenvalue weighted by molar-refractivity contribution is 5.91. The third kappa shape index (κ3) is 5.12. The fraction of sp³-hybridized carbons (Fsp3) is 0.222. The van der Waals surface area contributed by atoms with Gasteiger partial charge in [0.25, 0.3) is 0 Å². The molecule has 1 aliphatic heterocycles. The monoisotopic (exact) mass is 574 g/mol. The van der Waals surface area contributed by atoms with Crippen LogP contribution < -0.4 is 18.9 Å². The standard InChI is InChI=1S/C36H34N2O5/c1-40-29-19-25-15-17-37-34(27(25)21-31(29)42-3)35-28-22-32(43-4)30(41-2)20-26(28)16-18-38(35)36(39)33(23-11-7-5-8-12-23)24-13-9-6-10-14-24/h5-15,17,19-22,33,35H,16,18H2,1-4H3. The fourth-order valence-electron chi connectivity index (χ4n) is 6.15. The van der Waals surface area contributed by atoms with Crippen molar-refractivity contribution < 1.29 is 23.7 Å². The molecule has 1 unspecified atom stereocenters. The van der Waals surface area contributed by atoms with E-state index in [9.17, 15) is 4.79 Å². The van der Waals surface area contributed by atoms with E-state index >= 15 is 0 Å². The van der Waals surface area contributed by atoms with Gasteiger partial charge < -0.3 is 23.8 Å². The minimum atomic E-state index is -0.493. The fourth-order valence-corrected chi connectivity index (χ4v) is 6.15. The molecule has 0 aliphatic carbocycles. The SMILES string of the molecule is COc1cc2c(cc1OC)C(c1nccc3cc(OC)c(OC)cc13)N(C(=O)C(c1ccccc1)c1ccccc1)CC2. The molecule has 7 heteroatoms. The van der Waals surface area contributed by atoms with Crippen molar-refractivity contribution >= 4 is 16.7 Å².